The van der Waals surface area contributed by atoms with Crippen molar-refractivity contribution in [1.29, 1.82) is 0 Å². The number of thiazole rings is 1. The van der Waals surface area contributed by atoms with Gasteiger partial charge >= 0.3 is 0 Å². The lowest BCUT2D eigenvalue weighted by atomic mass is 10.1. The van der Waals surface area contributed by atoms with E-state index in [1.165, 1.54) is 16.2 Å². The molecule has 0 spiro atoms. The standard InChI is InChI=1S/C18H20N4O2S/c23-10-9-21-5-7-22(8-6-21)18-20-17(24)16(25-18)11-13-12-19-15-4-2-1-3-14(13)15/h1-4,11-12,23-24H,5-10H2/p+1/b13-11+. The Morgan fingerprint density at radius 2 is 2.04 bits per heavy atom. The van der Waals surface area contributed by atoms with Gasteiger partial charge in [-0.2, -0.15) is 4.98 Å². The number of aliphatic hydroxyl groups is 1. The summed E-state index contributed by atoms with van der Waals surface area (Å²) in [6.07, 6.45) is 3.79. The second-order valence-electron chi connectivity index (χ2n) is 6.27. The van der Waals surface area contributed by atoms with Gasteiger partial charge in [0.1, 0.15) is 6.54 Å². The third kappa shape index (κ3) is 3.30. The number of benzene rings is 1. The number of aliphatic hydroxyl groups excluding tert-OH is 1. The number of rotatable bonds is 4. The minimum atomic E-state index is 0.0791. The van der Waals surface area contributed by atoms with Crippen LogP contribution in [0.5, 0.6) is 5.88 Å². The van der Waals surface area contributed by atoms with Crippen LogP contribution in [0.2, 0.25) is 0 Å². The largest absolute Gasteiger partial charge is 0.492 e. The Morgan fingerprint density at radius 3 is 2.84 bits per heavy atom. The minimum absolute atomic E-state index is 0.0791. The lowest BCUT2D eigenvalue weighted by Crippen LogP contribution is -3.15. The van der Waals surface area contributed by atoms with Crippen LogP contribution >= 0.6 is 11.3 Å². The summed E-state index contributed by atoms with van der Waals surface area (Å²) in [5.74, 6) is 0.0791. The number of nitrogens with one attached hydrogen (secondary N) is 1. The van der Waals surface area contributed by atoms with E-state index in [2.05, 4.69) is 14.9 Å². The van der Waals surface area contributed by atoms with Crippen molar-refractivity contribution in [2.45, 2.75) is 0 Å². The van der Waals surface area contributed by atoms with Gasteiger partial charge in [0.25, 0.3) is 0 Å². The van der Waals surface area contributed by atoms with Crippen molar-refractivity contribution in [3.63, 3.8) is 0 Å². The Hall–Kier alpha value is -2.22. The maximum Gasteiger partial charge on any atom is 0.231 e. The minimum Gasteiger partial charge on any atom is -0.492 e. The summed E-state index contributed by atoms with van der Waals surface area (Å²) in [4.78, 5) is 13.2. The van der Waals surface area contributed by atoms with E-state index in [9.17, 15) is 5.11 Å². The quantitative estimate of drug-likeness (QED) is 0.757. The normalized spacial score (nSPS) is 18.9. The second-order valence-corrected chi connectivity index (χ2v) is 7.28. The smallest absolute Gasteiger partial charge is 0.231 e. The molecule has 0 radical (unpaired) electrons. The van der Waals surface area contributed by atoms with Crippen molar-refractivity contribution in [2.24, 2.45) is 4.99 Å². The molecule has 0 aliphatic carbocycles. The molecule has 2 aliphatic heterocycles. The van der Waals surface area contributed by atoms with Crippen molar-refractivity contribution < 1.29 is 15.1 Å². The van der Waals surface area contributed by atoms with Gasteiger partial charge < -0.3 is 20.0 Å². The van der Waals surface area contributed by atoms with Gasteiger partial charge in [-0.25, -0.2) is 0 Å². The van der Waals surface area contributed by atoms with E-state index >= 15 is 0 Å². The molecule has 1 aromatic heterocycles. The van der Waals surface area contributed by atoms with Crippen LogP contribution in [-0.4, -0.2) is 60.7 Å². The van der Waals surface area contributed by atoms with Crippen molar-refractivity contribution in [1.82, 2.24) is 4.98 Å². The molecule has 2 aliphatic rings. The topological polar surface area (TPSA) is 73.4 Å². The molecule has 130 valence electrons. The number of anilines is 1. The number of fused-ring (bicyclic) bond motifs is 1. The number of nitrogens with zero attached hydrogens (tertiary/aromatic N) is 3. The van der Waals surface area contributed by atoms with E-state index in [-0.39, 0.29) is 12.5 Å². The lowest BCUT2D eigenvalue weighted by Gasteiger charge is -2.31. The van der Waals surface area contributed by atoms with Crippen LogP contribution in [0.4, 0.5) is 10.8 Å². The summed E-state index contributed by atoms with van der Waals surface area (Å²) in [6, 6.07) is 7.99. The molecule has 1 aromatic carbocycles. The van der Waals surface area contributed by atoms with Gasteiger partial charge in [0.15, 0.2) is 5.13 Å². The molecule has 3 N–H and O–H groups in total. The first-order valence-corrected chi connectivity index (χ1v) is 9.30. The van der Waals surface area contributed by atoms with Gasteiger partial charge in [0.05, 0.1) is 43.4 Å². The van der Waals surface area contributed by atoms with Crippen molar-refractivity contribution in [3.8, 4) is 5.88 Å². The molecule has 0 atom stereocenters. The highest BCUT2D eigenvalue weighted by atomic mass is 32.1. The number of aromatic hydroxyl groups is 1. The predicted octanol–water partition coefficient (Wildman–Crippen LogP) is 0.802. The van der Waals surface area contributed by atoms with Gasteiger partial charge in [-0.15, -0.1) is 0 Å². The fourth-order valence-corrected chi connectivity index (χ4v) is 4.22. The fraction of sp³-hybridized carbons (Fsp3) is 0.333. The first kappa shape index (κ1) is 16.3. The first-order chi connectivity index (χ1) is 12.2. The van der Waals surface area contributed by atoms with Crippen LogP contribution in [-0.2, 0) is 0 Å². The second kappa shape index (κ2) is 6.95. The lowest BCUT2D eigenvalue weighted by molar-refractivity contribution is -0.900. The maximum absolute atomic E-state index is 10.3. The summed E-state index contributed by atoms with van der Waals surface area (Å²) in [6.45, 7) is 4.78. The highest BCUT2D eigenvalue weighted by Crippen LogP contribution is 2.37. The Labute approximate surface area is 150 Å². The van der Waals surface area contributed by atoms with E-state index < -0.39 is 0 Å². The van der Waals surface area contributed by atoms with Gasteiger partial charge in [-0.1, -0.05) is 29.5 Å². The SMILES string of the molecule is OCC[NH+]1CCN(c2nc(O)c(/C=C3\C=Nc4ccccc43)s2)CC1. The summed E-state index contributed by atoms with van der Waals surface area (Å²) in [5, 5.41) is 20.2. The van der Waals surface area contributed by atoms with E-state index in [1.54, 1.807) is 0 Å². The van der Waals surface area contributed by atoms with E-state index in [0.717, 1.165) is 59.6 Å². The van der Waals surface area contributed by atoms with Gasteiger partial charge in [0, 0.05) is 17.4 Å². The van der Waals surface area contributed by atoms with Crippen LogP contribution in [0.25, 0.3) is 11.6 Å². The molecule has 6 nitrogen and oxygen atoms in total. The summed E-state index contributed by atoms with van der Waals surface area (Å²) >= 11 is 1.51. The number of hydrogen-bond donors (Lipinski definition) is 3. The van der Waals surface area contributed by atoms with Crippen LogP contribution in [0.3, 0.4) is 0 Å². The molecule has 1 saturated heterocycles. The summed E-state index contributed by atoms with van der Waals surface area (Å²) in [5.41, 5.74) is 3.04. The molecular formula is C18H21N4O2S+. The zero-order chi connectivity index (χ0) is 17.2. The van der Waals surface area contributed by atoms with Gasteiger partial charge in [-0.3, -0.25) is 4.99 Å². The first-order valence-electron chi connectivity index (χ1n) is 8.49. The number of para-hydroxylation sites is 1. The zero-order valence-electron chi connectivity index (χ0n) is 13.9. The number of hydrogen-bond acceptors (Lipinski definition) is 6. The zero-order valence-corrected chi connectivity index (χ0v) is 14.7. The fourth-order valence-electron chi connectivity index (χ4n) is 3.26. The van der Waals surface area contributed by atoms with Gasteiger partial charge in [0.2, 0.25) is 5.88 Å². The Kier molecular flexibility index (Phi) is 4.52. The average molecular weight is 357 g/mol. The van der Waals surface area contributed by atoms with Crippen LogP contribution < -0.4 is 9.80 Å². The molecule has 4 rings (SSSR count). The Morgan fingerprint density at radius 1 is 1.24 bits per heavy atom. The molecule has 0 saturated carbocycles. The summed E-state index contributed by atoms with van der Waals surface area (Å²) in [7, 11) is 0. The molecule has 25 heavy (non-hydrogen) atoms. The molecule has 3 heterocycles. The number of piperazine rings is 1. The monoisotopic (exact) mass is 357 g/mol. The highest BCUT2D eigenvalue weighted by molar-refractivity contribution is 7.16. The van der Waals surface area contributed by atoms with Crippen LogP contribution in [0.15, 0.2) is 29.3 Å². The third-order valence-corrected chi connectivity index (χ3v) is 5.73. The maximum atomic E-state index is 10.3. The van der Waals surface area contributed by atoms with Crippen molar-refractivity contribution in [3.05, 3.63) is 34.7 Å². The van der Waals surface area contributed by atoms with E-state index in [0.29, 0.717) is 0 Å². The third-order valence-electron chi connectivity index (χ3n) is 4.67. The molecule has 7 heteroatoms. The molecule has 0 unspecified atom stereocenters. The number of aliphatic imine (C=N–C) groups is 1. The highest BCUT2D eigenvalue weighted by Gasteiger charge is 2.23. The van der Waals surface area contributed by atoms with Crippen molar-refractivity contribution >= 4 is 40.0 Å². The molecular weight excluding hydrogens is 336 g/mol. The summed E-state index contributed by atoms with van der Waals surface area (Å²) < 4.78 is 0. The molecule has 0 amide bonds. The molecule has 2 aromatic rings. The Balaban J connectivity index is 1.52. The van der Waals surface area contributed by atoms with E-state index in [4.69, 9.17) is 5.11 Å². The van der Waals surface area contributed by atoms with Crippen LogP contribution in [0.1, 0.15) is 10.4 Å². The molecule has 1 fully saturated rings. The number of aromatic nitrogens is 1. The van der Waals surface area contributed by atoms with Gasteiger partial charge in [-0.05, 0) is 12.1 Å². The number of allylic oxidation sites excluding steroid dienone is 1. The van der Waals surface area contributed by atoms with Crippen molar-refractivity contribution in [2.75, 3.05) is 44.2 Å². The molecule has 0 bridgehead atoms. The van der Waals surface area contributed by atoms with E-state index in [1.807, 2.05) is 36.6 Å². The number of quaternary nitrogens is 1. The average Bonchev–Trinajstić information content (AvgIpc) is 3.21. The predicted molar refractivity (Wildman–Crippen MR) is 101 cm³/mol. The van der Waals surface area contributed by atoms with Crippen LogP contribution in [0, 0.1) is 0 Å². The Bertz CT molecular complexity index is 822.